The fraction of sp³-hybridized carbons (Fsp3) is 0.357. The summed E-state index contributed by atoms with van der Waals surface area (Å²) in [4.78, 5) is 11.0. The number of esters is 1. The summed E-state index contributed by atoms with van der Waals surface area (Å²) in [5.41, 5.74) is 2.53. The molecule has 0 unspecified atom stereocenters. The Labute approximate surface area is 107 Å². The van der Waals surface area contributed by atoms with Crippen molar-refractivity contribution < 1.29 is 9.53 Å². The first-order valence-electron chi connectivity index (χ1n) is 6.03. The van der Waals surface area contributed by atoms with Crippen molar-refractivity contribution in [2.24, 2.45) is 7.05 Å². The highest BCUT2D eigenvalue weighted by molar-refractivity contribution is 5.83. The van der Waals surface area contributed by atoms with E-state index in [2.05, 4.69) is 33.0 Å². The number of methoxy groups -OCH3 is 1. The summed E-state index contributed by atoms with van der Waals surface area (Å²) in [7, 11) is 3.45. The highest BCUT2D eigenvalue weighted by atomic mass is 16.5. The maximum atomic E-state index is 11.0. The van der Waals surface area contributed by atoms with Gasteiger partial charge in [0.15, 0.2) is 0 Å². The molecule has 4 nitrogen and oxygen atoms in total. The molecule has 0 aliphatic heterocycles. The zero-order chi connectivity index (χ0) is 13.0. The number of aromatic nitrogens is 1. The molecule has 1 aromatic carbocycles. The van der Waals surface area contributed by atoms with E-state index in [9.17, 15) is 4.79 Å². The van der Waals surface area contributed by atoms with E-state index in [-0.39, 0.29) is 12.5 Å². The molecule has 0 aliphatic rings. The third-order valence-electron chi connectivity index (χ3n) is 3.05. The summed E-state index contributed by atoms with van der Waals surface area (Å²) in [6.45, 7) is 1.03. The number of rotatable bonds is 5. The number of para-hydroxylation sites is 1. The third kappa shape index (κ3) is 2.71. The average Bonchev–Trinajstić information content (AvgIpc) is 2.72. The van der Waals surface area contributed by atoms with E-state index in [0.29, 0.717) is 0 Å². The molecule has 0 saturated heterocycles. The molecule has 1 N–H and O–H groups in total. The van der Waals surface area contributed by atoms with E-state index >= 15 is 0 Å². The van der Waals surface area contributed by atoms with Crippen molar-refractivity contribution in [1.82, 2.24) is 9.88 Å². The van der Waals surface area contributed by atoms with E-state index in [0.717, 1.165) is 13.0 Å². The first-order chi connectivity index (χ1) is 8.72. The lowest BCUT2D eigenvalue weighted by Gasteiger charge is -2.02. The Morgan fingerprint density at radius 3 is 2.94 bits per heavy atom. The van der Waals surface area contributed by atoms with Crippen LogP contribution in [0.5, 0.6) is 0 Å². The van der Waals surface area contributed by atoms with Gasteiger partial charge < -0.3 is 14.6 Å². The first kappa shape index (κ1) is 12.6. The maximum Gasteiger partial charge on any atom is 0.319 e. The van der Waals surface area contributed by atoms with Crippen LogP contribution in [0, 0.1) is 0 Å². The highest BCUT2D eigenvalue weighted by Crippen LogP contribution is 2.20. The summed E-state index contributed by atoms with van der Waals surface area (Å²) < 4.78 is 6.70. The van der Waals surface area contributed by atoms with E-state index in [1.54, 1.807) is 0 Å². The molecular formula is C14H18N2O2. The fourth-order valence-electron chi connectivity index (χ4n) is 2.11. The molecule has 0 spiro atoms. The summed E-state index contributed by atoms with van der Waals surface area (Å²) >= 11 is 0. The molecule has 0 amide bonds. The van der Waals surface area contributed by atoms with Crippen molar-refractivity contribution in [3.05, 3.63) is 36.0 Å². The largest absolute Gasteiger partial charge is 0.468 e. The molecule has 0 fully saturated rings. The molecule has 2 rings (SSSR count). The zero-order valence-electron chi connectivity index (χ0n) is 10.8. The van der Waals surface area contributed by atoms with Gasteiger partial charge in [-0.3, -0.25) is 4.79 Å². The van der Waals surface area contributed by atoms with Crippen LogP contribution in [0.2, 0.25) is 0 Å². The molecule has 4 heteroatoms. The van der Waals surface area contributed by atoms with Gasteiger partial charge in [-0.2, -0.15) is 0 Å². The Morgan fingerprint density at radius 2 is 2.17 bits per heavy atom. The van der Waals surface area contributed by atoms with Crippen molar-refractivity contribution in [2.45, 2.75) is 6.42 Å². The van der Waals surface area contributed by atoms with Gasteiger partial charge in [0.05, 0.1) is 13.7 Å². The number of fused-ring (bicyclic) bond motifs is 1. The number of carbonyl (C=O) groups is 1. The van der Waals surface area contributed by atoms with Gasteiger partial charge in [-0.15, -0.1) is 0 Å². The lowest BCUT2D eigenvalue weighted by atomic mass is 10.1. The smallest absolute Gasteiger partial charge is 0.319 e. The molecule has 0 aliphatic carbocycles. The Morgan fingerprint density at radius 1 is 1.39 bits per heavy atom. The van der Waals surface area contributed by atoms with Crippen LogP contribution in [-0.4, -0.2) is 30.7 Å². The number of hydrogen-bond donors (Lipinski definition) is 1. The lowest BCUT2D eigenvalue weighted by Crippen LogP contribution is -2.25. The Hall–Kier alpha value is -1.81. The van der Waals surface area contributed by atoms with Gasteiger partial charge in [0.1, 0.15) is 0 Å². The number of benzene rings is 1. The Bertz CT molecular complexity index is 546. The van der Waals surface area contributed by atoms with E-state index in [4.69, 9.17) is 0 Å². The van der Waals surface area contributed by atoms with Gasteiger partial charge >= 0.3 is 5.97 Å². The second kappa shape index (κ2) is 5.69. The van der Waals surface area contributed by atoms with Gasteiger partial charge in [0.25, 0.3) is 0 Å². The molecular weight excluding hydrogens is 228 g/mol. The van der Waals surface area contributed by atoms with Gasteiger partial charge in [-0.25, -0.2) is 0 Å². The molecule has 0 radical (unpaired) electrons. The highest BCUT2D eigenvalue weighted by Gasteiger charge is 2.05. The van der Waals surface area contributed by atoms with Crippen molar-refractivity contribution in [3.8, 4) is 0 Å². The van der Waals surface area contributed by atoms with Crippen LogP contribution in [-0.2, 0) is 23.0 Å². The third-order valence-corrected chi connectivity index (χ3v) is 3.05. The van der Waals surface area contributed by atoms with Gasteiger partial charge in [0.2, 0.25) is 0 Å². The number of nitrogens with zero attached hydrogens (tertiary/aromatic N) is 1. The van der Waals surface area contributed by atoms with Crippen LogP contribution in [0.15, 0.2) is 30.5 Å². The standard InChI is InChI=1S/C14H18N2O2/c1-16-10-11(7-8-15-9-14(17)18-2)12-5-3-4-6-13(12)16/h3-6,10,15H,7-9H2,1-2H3. The molecule has 0 saturated carbocycles. The minimum atomic E-state index is -0.229. The van der Waals surface area contributed by atoms with Crippen LogP contribution in [0.25, 0.3) is 10.9 Å². The number of aryl methyl sites for hydroxylation is 1. The van der Waals surface area contributed by atoms with E-state index < -0.39 is 0 Å². The molecule has 1 aromatic heterocycles. The average molecular weight is 246 g/mol. The summed E-state index contributed by atoms with van der Waals surface area (Å²) in [5, 5.41) is 4.35. The summed E-state index contributed by atoms with van der Waals surface area (Å²) in [6.07, 6.45) is 3.04. The second-order valence-electron chi connectivity index (χ2n) is 4.29. The zero-order valence-corrected chi connectivity index (χ0v) is 10.8. The quantitative estimate of drug-likeness (QED) is 0.642. The monoisotopic (exact) mass is 246 g/mol. The normalized spacial score (nSPS) is 10.8. The van der Waals surface area contributed by atoms with Crippen LogP contribution in [0.4, 0.5) is 0 Å². The van der Waals surface area contributed by atoms with Crippen molar-refractivity contribution in [2.75, 3.05) is 20.2 Å². The second-order valence-corrected chi connectivity index (χ2v) is 4.29. The fourth-order valence-corrected chi connectivity index (χ4v) is 2.11. The molecule has 0 atom stereocenters. The van der Waals surface area contributed by atoms with Crippen molar-refractivity contribution in [1.29, 1.82) is 0 Å². The summed E-state index contributed by atoms with van der Waals surface area (Å²) in [5.74, 6) is -0.229. The van der Waals surface area contributed by atoms with Gasteiger partial charge in [-0.05, 0) is 24.6 Å². The Balaban J connectivity index is 1.98. The molecule has 18 heavy (non-hydrogen) atoms. The van der Waals surface area contributed by atoms with Crippen LogP contribution in [0.3, 0.4) is 0 Å². The van der Waals surface area contributed by atoms with E-state index in [1.165, 1.54) is 23.6 Å². The van der Waals surface area contributed by atoms with Gasteiger partial charge in [0, 0.05) is 24.1 Å². The van der Waals surface area contributed by atoms with E-state index in [1.807, 2.05) is 19.2 Å². The lowest BCUT2D eigenvalue weighted by molar-refractivity contribution is -0.139. The minimum Gasteiger partial charge on any atom is -0.468 e. The molecule has 0 bridgehead atoms. The molecule has 2 aromatic rings. The predicted octanol–water partition coefficient (Wildman–Crippen LogP) is 1.48. The van der Waals surface area contributed by atoms with Crippen molar-refractivity contribution in [3.63, 3.8) is 0 Å². The number of ether oxygens (including phenoxy) is 1. The Kier molecular flexibility index (Phi) is 3.99. The van der Waals surface area contributed by atoms with Crippen LogP contribution < -0.4 is 5.32 Å². The minimum absolute atomic E-state index is 0.229. The molecule has 1 heterocycles. The first-order valence-corrected chi connectivity index (χ1v) is 6.03. The SMILES string of the molecule is COC(=O)CNCCc1cn(C)c2ccccc12. The maximum absolute atomic E-state index is 11.0. The number of hydrogen-bond acceptors (Lipinski definition) is 3. The van der Waals surface area contributed by atoms with Crippen LogP contribution >= 0.6 is 0 Å². The molecule has 96 valence electrons. The van der Waals surface area contributed by atoms with Gasteiger partial charge in [-0.1, -0.05) is 18.2 Å². The van der Waals surface area contributed by atoms with Crippen LogP contribution in [0.1, 0.15) is 5.56 Å². The predicted molar refractivity (Wildman–Crippen MR) is 71.5 cm³/mol. The summed E-state index contributed by atoms with van der Waals surface area (Å²) in [6, 6.07) is 8.33. The topological polar surface area (TPSA) is 43.3 Å². The number of carbonyl (C=O) groups excluding carboxylic acids is 1. The number of nitrogens with one attached hydrogen (secondary N) is 1. The van der Waals surface area contributed by atoms with Crippen molar-refractivity contribution >= 4 is 16.9 Å².